The Morgan fingerprint density at radius 3 is 2.25 bits per heavy atom. The van der Waals surface area contributed by atoms with Crippen LogP contribution in [-0.2, 0) is 14.4 Å². The Hall–Kier alpha value is -2.41. The Morgan fingerprint density at radius 2 is 1.75 bits per heavy atom. The van der Waals surface area contributed by atoms with Crippen molar-refractivity contribution in [1.29, 1.82) is 0 Å². The first kappa shape index (κ1) is 29.8. The fourth-order valence-corrected chi connectivity index (χ4v) is 5.61. The zero-order valence-corrected chi connectivity index (χ0v) is 23.2. The highest BCUT2D eigenvalue weighted by Crippen LogP contribution is 2.37. The molecule has 2 aliphatic carbocycles. The van der Waals surface area contributed by atoms with Gasteiger partial charge in [0.15, 0.2) is 0 Å². The lowest BCUT2D eigenvalue weighted by Gasteiger charge is -2.40. The summed E-state index contributed by atoms with van der Waals surface area (Å²) in [5.41, 5.74) is 0.0431. The van der Waals surface area contributed by atoms with Crippen molar-refractivity contribution in [2.75, 3.05) is 14.1 Å². The van der Waals surface area contributed by atoms with E-state index >= 15 is 0 Å². The summed E-state index contributed by atoms with van der Waals surface area (Å²) in [6.07, 6.45) is 15.9. The van der Waals surface area contributed by atoms with Gasteiger partial charge in [-0.1, -0.05) is 77.3 Å². The van der Waals surface area contributed by atoms with E-state index in [-0.39, 0.29) is 46.6 Å². The molecule has 2 aliphatic rings. The summed E-state index contributed by atoms with van der Waals surface area (Å²) in [5, 5.41) is 15.8. The molecule has 202 valence electrons. The number of nitrogens with zero attached hydrogens (tertiary/aromatic N) is 1. The number of allylic oxidation sites excluding steroid dienone is 4. The minimum Gasteiger partial charge on any atom is -0.478 e. The number of aliphatic carboxylic acids is 1. The van der Waals surface area contributed by atoms with Gasteiger partial charge in [-0.15, -0.1) is 0 Å². The van der Waals surface area contributed by atoms with Crippen molar-refractivity contribution >= 4 is 17.8 Å². The van der Waals surface area contributed by atoms with Gasteiger partial charge in [0.1, 0.15) is 6.04 Å². The molecule has 0 aliphatic heterocycles. The molecule has 0 aromatic heterocycles. The minimum atomic E-state index is -0.996. The topological polar surface area (TPSA) is 98.7 Å². The fraction of sp³-hybridized carbons (Fsp3) is 0.690. The van der Waals surface area contributed by atoms with Crippen molar-refractivity contribution in [2.24, 2.45) is 23.2 Å². The summed E-state index contributed by atoms with van der Waals surface area (Å²) in [7, 11) is 3.52. The number of carboxylic acid groups (broad SMARTS) is 1. The van der Waals surface area contributed by atoms with E-state index in [1.807, 2.05) is 26.0 Å². The van der Waals surface area contributed by atoms with Crippen LogP contribution >= 0.6 is 0 Å². The number of carboxylic acids is 1. The molecular formula is C29H47N3O4. The van der Waals surface area contributed by atoms with E-state index in [9.17, 15) is 19.5 Å². The maximum Gasteiger partial charge on any atom is 0.331 e. The van der Waals surface area contributed by atoms with Crippen molar-refractivity contribution < 1.29 is 19.5 Å². The number of hydrogen-bond acceptors (Lipinski definition) is 4. The molecule has 0 radical (unpaired) electrons. The van der Waals surface area contributed by atoms with E-state index in [2.05, 4.69) is 36.6 Å². The molecule has 36 heavy (non-hydrogen) atoms. The third-order valence-corrected chi connectivity index (χ3v) is 8.34. The van der Waals surface area contributed by atoms with Crippen molar-refractivity contribution in [3.8, 4) is 0 Å². The Bertz CT molecular complexity index is 872. The van der Waals surface area contributed by atoms with Crippen LogP contribution in [0.5, 0.6) is 0 Å². The lowest BCUT2D eigenvalue weighted by atomic mass is 9.70. The van der Waals surface area contributed by atoms with Gasteiger partial charge in [-0.05, 0) is 56.4 Å². The molecule has 0 aromatic carbocycles. The summed E-state index contributed by atoms with van der Waals surface area (Å²) in [6.45, 7) is 9.74. The van der Waals surface area contributed by atoms with Crippen LogP contribution in [0.1, 0.15) is 73.1 Å². The van der Waals surface area contributed by atoms with E-state index < -0.39 is 18.1 Å². The number of carbonyl (C=O) groups excluding carboxylic acids is 2. The summed E-state index contributed by atoms with van der Waals surface area (Å²) in [4.78, 5) is 40.7. The lowest BCUT2D eigenvalue weighted by Crippen LogP contribution is -2.59. The van der Waals surface area contributed by atoms with E-state index in [1.165, 1.54) is 0 Å². The number of carbonyl (C=O) groups is 3. The predicted molar refractivity (Wildman–Crippen MR) is 144 cm³/mol. The van der Waals surface area contributed by atoms with E-state index in [4.69, 9.17) is 0 Å². The SMILES string of the molecule is CN[C@H](C(=O)N[C@@H](C(=O)N(C)[C@H](/C=C(\C)C(=O)O)C(C)C)C1CCCCC1)C(C)C1(C)C=CC=CC1. The Morgan fingerprint density at radius 1 is 1.11 bits per heavy atom. The van der Waals surface area contributed by atoms with Crippen LogP contribution in [0.15, 0.2) is 36.0 Å². The van der Waals surface area contributed by atoms with Crippen LogP contribution in [0.4, 0.5) is 0 Å². The zero-order valence-electron chi connectivity index (χ0n) is 23.2. The van der Waals surface area contributed by atoms with E-state index in [0.717, 1.165) is 38.5 Å². The first-order valence-corrected chi connectivity index (χ1v) is 13.4. The van der Waals surface area contributed by atoms with Crippen molar-refractivity contribution in [3.63, 3.8) is 0 Å². The number of hydrogen-bond donors (Lipinski definition) is 3. The molecule has 2 rings (SSSR count). The average molecular weight is 502 g/mol. The number of rotatable bonds is 11. The standard InChI is InChI=1S/C29H47N3O4/c1-19(2)23(18-20(3)28(35)36)32(7)27(34)25(22-14-10-8-11-15-22)31-26(33)24(30-6)21(4)29(5)16-12-9-13-17-29/h9,12-13,16,18-19,21-25,30H,8,10-11,14-15,17H2,1-7H3,(H,31,33)(H,35,36)/b20-18+/t21?,23-,24+,25-,29?/m1/s1. The summed E-state index contributed by atoms with van der Waals surface area (Å²) >= 11 is 0. The van der Waals surface area contributed by atoms with Gasteiger partial charge in [0.25, 0.3) is 0 Å². The van der Waals surface area contributed by atoms with Gasteiger partial charge in [-0.25, -0.2) is 4.79 Å². The van der Waals surface area contributed by atoms with Crippen molar-refractivity contribution in [2.45, 2.75) is 91.3 Å². The molecule has 0 heterocycles. The monoisotopic (exact) mass is 501 g/mol. The highest BCUT2D eigenvalue weighted by molar-refractivity contribution is 5.91. The summed E-state index contributed by atoms with van der Waals surface area (Å²) in [5.74, 6) is -1.22. The third-order valence-electron chi connectivity index (χ3n) is 8.34. The molecule has 1 fully saturated rings. The van der Waals surface area contributed by atoms with Crippen molar-refractivity contribution in [3.05, 3.63) is 36.0 Å². The molecule has 7 nitrogen and oxygen atoms in total. The molecule has 0 saturated heterocycles. The number of nitrogens with one attached hydrogen (secondary N) is 2. The molecular weight excluding hydrogens is 454 g/mol. The Labute approximate surface area is 217 Å². The molecule has 5 atom stereocenters. The molecule has 0 aromatic rings. The Balaban J connectivity index is 2.31. The van der Waals surface area contributed by atoms with Crippen molar-refractivity contribution in [1.82, 2.24) is 15.5 Å². The predicted octanol–water partition coefficient (Wildman–Crippen LogP) is 4.31. The second kappa shape index (κ2) is 13.2. The molecule has 2 amide bonds. The first-order valence-electron chi connectivity index (χ1n) is 13.4. The molecule has 1 saturated carbocycles. The summed E-state index contributed by atoms with van der Waals surface area (Å²) < 4.78 is 0. The zero-order chi connectivity index (χ0) is 27.0. The Kier molecular flexibility index (Phi) is 11.0. The number of amides is 2. The second-order valence-corrected chi connectivity index (χ2v) is 11.3. The minimum absolute atomic E-state index is 0.00750. The smallest absolute Gasteiger partial charge is 0.331 e. The molecule has 7 heteroatoms. The maximum absolute atomic E-state index is 13.9. The highest BCUT2D eigenvalue weighted by Gasteiger charge is 2.40. The normalized spacial score (nSPS) is 24.2. The average Bonchev–Trinajstić information content (AvgIpc) is 2.85. The van der Waals surface area contributed by atoms with Crippen LogP contribution in [-0.4, -0.2) is 60.0 Å². The lowest BCUT2D eigenvalue weighted by molar-refractivity contribution is -0.140. The van der Waals surface area contributed by atoms with E-state index in [1.54, 1.807) is 32.0 Å². The molecule has 3 N–H and O–H groups in total. The van der Waals surface area contributed by atoms with Gasteiger partial charge in [0.2, 0.25) is 11.8 Å². The van der Waals surface area contributed by atoms with Gasteiger partial charge in [-0.3, -0.25) is 9.59 Å². The first-order chi connectivity index (χ1) is 16.9. The largest absolute Gasteiger partial charge is 0.478 e. The third kappa shape index (κ3) is 7.31. The molecule has 0 bridgehead atoms. The van der Waals surface area contributed by atoms with E-state index in [0.29, 0.717) is 0 Å². The van der Waals surface area contributed by atoms with Crippen LogP contribution in [0.3, 0.4) is 0 Å². The van der Waals surface area contributed by atoms with Gasteiger partial charge in [0, 0.05) is 12.6 Å². The van der Waals surface area contributed by atoms with Crippen LogP contribution in [0, 0.1) is 23.2 Å². The van der Waals surface area contributed by atoms with Gasteiger partial charge in [-0.2, -0.15) is 0 Å². The number of likely N-dealkylation sites (N-methyl/N-ethyl adjacent to an activating group) is 2. The quantitative estimate of drug-likeness (QED) is 0.367. The summed E-state index contributed by atoms with van der Waals surface area (Å²) in [6, 6.07) is -1.47. The van der Waals surface area contributed by atoms with Gasteiger partial charge < -0.3 is 20.6 Å². The van der Waals surface area contributed by atoms with Crippen LogP contribution < -0.4 is 10.6 Å². The fourth-order valence-electron chi connectivity index (χ4n) is 5.61. The second-order valence-electron chi connectivity index (χ2n) is 11.3. The van der Waals surface area contributed by atoms with Gasteiger partial charge >= 0.3 is 5.97 Å². The maximum atomic E-state index is 13.9. The molecule has 0 spiro atoms. The highest BCUT2D eigenvalue weighted by atomic mass is 16.4. The molecule has 2 unspecified atom stereocenters. The van der Waals surface area contributed by atoms with Gasteiger partial charge in [0.05, 0.1) is 12.1 Å². The van der Waals surface area contributed by atoms with Crippen LogP contribution in [0.2, 0.25) is 0 Å². The van der Waals surface area contributed by atoms with Crippen LogP contribution in [0.25, 0.3) is 0 Å².